The van der Waals surface area contributed by atoms with Gasteiger partial charge in [0.05, 0.1) is 0 Å². The van der Waals surface area contributed by atoms with Crippen molar-refractivity contribution in [2.24, 2.45) is 0 Å². The normalized spacial score (nSPS) is 12.7. The molecule has 0 unspecified atom stereocenters. The Morgan fingerprint density at radius 3 is 1.30 bits per heavy atom. The van der Waals surface area contributed by atoms with Gasteiger partial charge in [0, 0.05) is 0 Å². The van der Waals surface area contributed by atoms with Crippen molar-refractivity contribution in [1.29, 1.82) is 0 Å². The Morgan fingerprint density at radius 2 is 0.850 bits per heavy atom. The van der Waals surface area contributed by atoms with Gasteiger partial charge in [-0.25, -0.2) is 0 Å². The molecular formula is C20H34. The van der Waals surface area contributed by atoms with E-state index in [0.717, 1.165) is 19.3 Å². The van der Waals surface area contributed by atoms with E-state index in [9.17, 15) is 0 Å². The van der Waals surface area contributed by atoms with Gasteiger partial charge in [-0.1, -0.05) is 88.1 Å². The average Bonchev–Trinajstić information content (AvgIpc) is 2.47. The van der Waals surface area contributed by atoms with Crippen LogP contribution in [0.4, 0.5) is 0 Å². The Bertz CT molecular complexity index is 278. The SMILES string of the molecule is CCCC/C=C\C/C=C/C/C=C/C/C=C/CCCCC. The number of hydrogen-bond acceptors (Lipinski definition) is 0. The van der Waals surface area contributed by atoms with Crippen molar-refractivity contribution in [3.05, 3.63) is 48.6 Å². The molecule has 20 heavy (non-hydrogen) atoms. The molecule has 0 fully saturated rings. The molecule has 0 heteroatoms. The summed E-state index contributed by atoms with van der Waals surface area (Å²) in [7, 11) is 0. The molecular weight excluding hydrogens is 240 g/mol. The van der Waals surface area contributed by atoms with Gasteiger partial charge < -0.3 is 0 Å². The first kappa shape index (κ1) is 19.0. The van der Waals surface area contributed by atoms with Gasteiger partial charge >= 0.3 is 0 Å². The third-order valence-corrected chi connectivity index (χ3v) is 3.18. The van der Waals surface area contributed by atoms with E-state index < -0.39 is 0 Å². The molecule has 0 N–H and O–H groups in total. The van der Waals surface area contributed by atoms with Crippen LogP contribution >= 0.6 is 0 Å². The summed E-state index contributed by atoms with van der Waals surface area (Å²) < 4.78 is 0. The Labute approximate surface area is 127 Å². The van der Waals surface area contributed by atoms with E-state index in [4.69, 9.17) is 0 Å². The molecule has 0 saturated carbocycles. The third-order valence-electron chi connectivity index (χ3n) is 3.18. The summed E-state index contributed by atoms with van der Waals surface area (Å²) in [5.74, 6) is 0. The van der Waals surface area contributed by atoms with Crippen LogP contribution in [0.2, 0.25) is 0 Å². The van der Waals surface area contributed by atoms with Crippen LogP contribution < -0.4 is 0 Å². The molecule has 0 aliphatic carbocycles. The van der Waals surface area contributed by atoms with E-state index >= 15 is 0 Å². The van der Waals surface area contributed by atoms with E-state index in [1.165, 1.54) is 44.9 Å². The number of hydrogen-bond donors (Lipinski definition) is 0. The maximum Gasteiger partial charge on any atom is -0.0169 e. The summed E-state index contributed by atoms with van der Waals surface area (Å²) in [5, 5.41) is 0. The molecule has 0 aromatic heterocycles. The maximum atomic E-state index is 2.32. The molecule has 0 aromatic carbocycles. The van der Waals surface area contributed by atoms with Crippen molar-refractivity contribution < 1.29 is 0 Å². The third kappa shape index (κ3) is 17.0. The van der Waals surface area contributed by atoms with Gasteiger partial charge in [-0.3, -0.25) is 0 Å². The van der Waals surface area contributed by atoms with Crippen molar-refractivity contribution in [2.75, 3.05) is 0 Å². The van der Waals surface area contributed by atoms with E-state index in [1.54, 1.807) is 0 Å². The largest absolute Gasteiger partial charge is 0.0882 e. The van der Waals surface area contributed by atoms with Crippen LogP contribution in [0, 0.1) is 0 Å². The summed E-state index contributed by atoms with van der Waals surface area (Å²) in [4.78, 5) is 0. The molecule has 0 rings (SSSR count). The summed E-state index contributed by atoms with van der Waals surface area (Å²) in [6.07, 6.45) is 30.5. The minimum absolute atomic E-state index is 1.06. The van der Waals surface area contributed by atoms with Crippen molar-refractivity contribution in [3.63, 3.8) is 0 Å². The van der Waals surface area contributed by atoms with Crippen LogP contribution in [0.25, 0.3) is 0 Å². The highest BCUT2D eigenvalue weighted by Gasteiger charge is 1.80. The lowest BCUT2D eigenvalue weighted by molar-refractivity contribution is 0.728. The molecule has 0 bridgehead atoms. The summed E-state index contributed by atoms with van der Waals surface area (Å²) >= 11 is 0. The van der Waals surface area contributed by atoms with Crippen molar-refractivity contribution in [1.82, 2.24) is 0 Å². The highest BCUT2D eigenvalue weighted by Crippen LogP contribution is 2.01. The van der Waals surface area contributed by atoms with Gasteiger partial charge in [-0.05, 0) is 38.5 Å². The van der Waals surface area contributed by atoms with Gasteiger partial charge in [0.1, 0.15) is 0 Å². The second kappa shape index (κ2) is 18.0. The van der Waals surface area contributed by atoms with Crippen LogP contribution in [-0.4, -0.2) is 0 Å². The lowest BCUT2D eigenvalue weighted by Gasteiger charge is -1.90. The second-order valence-electron chi connectivity index (χ2n) is 5.23. The number of rotatable bonds is 13. The number of unbranched alkanes of at least 4 members (excludes halogenated alkanes) is 5. The molecule has 0 aromatic rings. The first-order chi connectivity index (χ1) is 9.91. The predicted molar refractivity (Wildman–Crippen MR) is 94.1 cm³/mol. The number of allylic oxidation sites excluding steroid dienone is 8. The zero-order valence-electron chi connectivity index (χ0n) is 13.7. The van der Waals surface area contributed by atoms with Gasteiger partial charge in [-0.2, -0.15) is 0 Å². The summed E-state index contributed by atoms with van der Waals surface area (Å²) in [6.45, 7) is 4.49. The van der Waals surface area contributed by atoms with E-state index in [1.807, 2.05) is 0 Å². The molecule has 0 atom stereocenters. The van der Waals surface area contributed by atoms with Gasteiger partial charge in [0.2, 0.25) is 0 Å². The Morgan fingerprint density at radius 1 is 0.450 bits per heavy atom. The molecule has 0 radical (unpaired) electrons. The topological polar surface area (TPSA) is 0 Å². The predicted octanol–water partition coefficient (Wildman–Crippen LogP) is 7.15. The smallest absolute Gasteiger partial charge is 0.0169 e. The van der Waals surface area contributed by atoms with Crippen LogP contribution in [0.1, 0.15) is 78.1 Å². The van der Waals surface area contributed by atoms with Crippen LogP contribution in [0.5, 0.6) is 0 Å². The zero-order chi connectivity index (χ0) is 14.7. The minimum atomic E-state index is 1.06. The Balaban J connectivity index is 3.36. The minimum Gasteiger partial charge on any atom is -0.0882 e. The van der Waals surface area contributed by atoms with E-state index in [-0.39, 0.29) is 0 Å². The second-order valence-corrected chi connectivity index (χ2v) is 5.23. The molecule has 0 amide bonds. The summed E-state index contributed by atoms with van der Waals surface area (Å²) in [5.41, 5.74) is 0. The van der Waals surface area contributed by atoms with E-state index in [2.05, 4.69) is 62.5 Å². The monoisotopic (exact) mass is 274 g/mol. The van der Waals surface area contributed by atoms with Crippen LogP contribution in [-0.2, 0) is 0 Å². The molecule has 0 heterocycles. The highest BCUT2D eigenvalue weighted by molar-refractivity contribution is 4.99. The highest BCUT2D eigenvalue weighted by atomic mass is 13.9. The fraction of sp³-hybridized carbons (Fsp3) is 0.600. The van der Waals surface area contributed by atoms with Crippen molar-refractivity contribution >= 4 is 0 Å². The van der Waals surface area contributed by atoms with Gasteiger partial charge in [0.15, 0.2) is 0 Å². The fourth-order valence-electron chi connectivity index (χ4n) is 1.88. The lowest BCUT2D eigenvalue weighted by atomic mass is 10.2. The van der Waals surface area contributed by atoms with E-state index in [0.29, 0.717) is 0 Å². The zero-order valence-corrected chi connectivity index (χ0v) is 13.7. The van der Waals surface area contributed by atoms with Crippen LogP contribution in [0.15, 0.2) is 48.6 Å². The Kier molecular flexibility index (Phi) is 17.0. The molecule has 0 aliphatic rings. The van der Waals surface area contributed by atoms with Crippen molar-refractivity contribution in [3.8, 4) is 0 Å². The maximum absolute atomic E-state index is 2.32. The molecule has 0 nitrogen and oxygen atoms in total. The quantitative estimate of drug-likeness (QED) is 0.247. The first-order valence-electron chi connectivity index (χ1n) is 8.51. The molecule has 114 valence electrons. The van der Waals surface area contributed by atoms with Gasteiger partial charge in [0.25, 0.3) is 0 Å². The standard InChI is InChI=1S/C20H34/c1-3-5-7-9-11-13-15-17-19-20-18-16-14-12-10-8-6-4-2/h9,11-12,14-15,17-18,20H,3-8,10,13,16,19H2,1-2H3/b11-9-,14-12+,17-15+,20-18+. The molecule has 0 aliphatic heterocycles. The fourth-order valence-corrected chi connectivity index (χ4v) is 1.88. The summed E-state index contributed by atoms with van der Waals surface area (Å²) in [6, 6.07) is 0. The molecule has 0 saturated heterocycles. The van der Waals surface area contributed by atoms with Crippen molar-refractivity contribution in [2.45, 2.75) is 78.1 Å². The molecule has 0 spiro atoms. The van der Waals surface area contributed by atoms with Gasteiger partial charge in [-0.15, -0.1) is 0 Å². The Hall–Kier alpha value is -1.04. The first-order valence-corrected chi connectivity index (χ1v) is 8.51. The van der Waals surface area contributed by atoms with Crippen LogP contribution in [0.3, 0.4) is 0 Å². The average molecular weight is 274 g/mol. The lowest BCUT2D eigenvalue weighted by Crippen LogP contribution is -1.70.